The normalized spacial score (nSPS) is 19.3. The summed E-state index contributed by atoms with van der Waals surface area (Å²) in [5.41, 5.74) is 0.766. The number of rotatable bonds is 3. The van der Waals surface area contributed by atoms with Crippen molar-refractivity contribution in [1.29, 1.82) is 0 Å². The fourth-order valence-corrected chi connectivity index (χ4v) is 2.50. The lowest BCUT2D eigenvalue weighted by molar-refractivity contribution is 0.0704. The summed E-state index contributed by atoms with van der Waals surface area (Å²) in [4.78, 5) is 14.3. The van der Waals surface area contributed by atoms with Gasteiger partial charge in [-0.15, -0.1) is 0 Å². The molecule has 0 aliphatic carbocycles. The van der Waals surface area contributed by atoms with Gasteiger partial charge in [-0.2, -0.15) is 0 Å². The van der Waals surface area contributed by atoms with Gasteiger partial charge < -0.3 is 10.2 Å². The molecule has 1 aliphatic rings. The fourth-order valence-electron chi connectivity index (χ4n) is 2.23. The highest BCUT2D eigenvalue weighted by Crippen LogP contribution is 2.15. The molecule has 2 rings (SSSR count). The van der Waals surface area contributed by atoms with Gasteiger partial charge in [0.2, 0.25) is 0 Å². The van der Waals surface area contributed by atoms with E-state index in [-0.39, 0.29) is 5.91 Å². The van der Waals surface area contributed by atoms with Gasteiger partial charge in [-0.05, 0) is 44.2 Å². The van der Waals surface area contributed by atoms with Crippen LogP contribution in [0.2, 0.25) is 0 Å². The number of carbonyl (C=O) groups is 1. The molecule has 1 N–H and O–H groups in total. The van der Waals surface area contributed by atoms with Crippen molar-refractivity contribution in [2.45, 2.75) is 19.4 Å². The molecule has 1 unspecified atom stereocenters. The first kappa shape index (κ1) is 12.6. The maximum Gasteiger partial charge on any atom is 0.254 e. The average Bonchev–Trinajstić information content (AvgIpc) is 2.84. The van der Waals surface area contributed by atoms with Gasteiger partial charge in [-0.3, -0.25) is 4.79 Å². The number of carbonyl (C=O) groups excluding carboxylic acids is 1. The van der Waals surface area contributed by atoms with Crippen LogP contribution in [0.4, 0.5) is 0 Å². The van der Waals surface area contributed by atoms with E-state index in [4.69, 9.17) is 0 Å². The molecule has 0 bridgehead atoms. The minimum absolute atomic E-state index is 0.133. The van der Waals surface area contributed by atoms with E-state index in [0.717, 1.165) is 36.1 Å². The Morgan fingerprint density at radius 1 is 1.47 bits per heavy atom. The second-order valence-corrected chi connectivity index (χ2v) is 5.16. The Bertz CT molecular complexity index is 385. The van der Waals surface area contributed by atoms with Crippen LogP contribution >= 0.6 is 15.9 Å². The molecule has 17 heavy (non-hydrogen) atoms. The Morgan fingerprint density at radius 3 is 2.71 bits per heavy atom. The SMILES string of the molecule is CCN(C(=O)c1ccc(Br)cc1)C1CCNC1. The van der Waals surface area contributed by atoms with E-state index in [2.05, 4.69) is 21.2 Å². The van der Waals surface area contributed by atoms with Crippen LogP contribution in [0.3, 0.4) is 0 Å². The second kappa shape index (κ2) is 5.65. The molecule has 4 heteroatoms. The standard InChI is InChI=1S/C13H17BrN2O/c1-2-16(12-7-8-15-9-12)13(17)10-3-5-11(14)6-4-10/h3-6,12,15H,2,7-9H2,1H3. The van der Waals surface area contributed by atoms with Gasteiger partial charge in [0.05, 0.1) is 0 Å². The summed E-state index contributed by atoms with van der Waals surface area (Å²) in [5.74, 6) is 0.133. The molecule has 0 spiro atoms. The van der Waals surface area contributed by atoms with Gasteiger partial charge >= 0.3 is 0 Å². The lowest BCUT2D eigenvalue weighted by Crippen LogP contribution is -2.41. The topological polar surface area (TPSA) is 32.3 Å². The molecule has 92 valence electrons. The number of benzene rings is 1. The zero-order valence-electron chi connectivity index (χ0n) is 9.95. The Morgan fingerprint density at radius 2 is 2.18 bits per heavy atom. The minimum Gasteiger partial charge on any atom is -0.335 e. The fraction of sp³-hybridized carbons (Fsp3) is 0.462. The van der Waals surface area contributed by atoms with Gasteiger partial charge in [0.15, 0.2) is 0 Å². The van der Waals surface area contributed by atoms with Crippen LogP contribution in [0.15, 0.2) is 28.7 Å². The van der Waals surface area contributed by atoms with E-state index in [1.54, 1.807) is 0 Å². The van der Waals surface area contributed by atoms with Crippen LogP contribution < -0.4 is 5.32 Å². The highest BCUT2D eigenvalue weighted by atomic mass is 79.9. The maximum absolute atomic E-state index is 12.4. The lowest BCUT2D eigenvalue weighted by atomic mass is 10.1. The first-order valence-electron chi connectivity index (χ1n) is 5.99. The number of nitrogens with one attached hydrogen (secondary N) is 1. The first-order valence-corrected chi connectivity index (χ1v) is 6.79. The third kappa shape index (κ3) is 2.87. The smallest absolute Gasteiger partial charge is 0.254 e. The van der Waals surface area contributed by atoms with Crippen molar-refractivity contribution in [3.05, 3.63) is 34.3 Å². The zero-order chi connectivity index (χ0) is 12.3. The van der Waals surface area contributed by atoms with Gasteiger partial charge in [0.25, 0.3) is 5.91 Å². The van der Waals surface area contributed by atoms with Gasteiger partial charge in [-0.25, -0.2) is 0 Å². The average molecular weight is 297 g/mol. The predicted molar refractivity (Wildman–Crippen MR) is 72.1 cm³/mol. The third-order valence-corrected chi connectivity index (χ3v) is 3.70. The molecule has 0 radical (unpaired) electrons. The van der Waals surface area contributed by atoms with E-state index < -0.39 is 0 Å². The van der Waals surface area contributed by atoms with Crippen LogP contribution in [0.25, 0.3) is 0 Å². The molecule has 1 amide bonds. The number of hydrogen-bond acceptors (Lipinski definition) is 2. The Kier molecular flexibility index (Phi) is 4.18. The first-order chi connectivity index (χ1) is 8.22. The van der Waals surface area contributed by atoms with Crippen molar-refractivity contribution < 1.29 is 4.79 Å². The maximum atomic E-state index is 12.4. The van der Waals surface area contributed by atoms with E-state index in [1.165, 1.54) is 0 Å². The quantitative estimate of drug-likeness (QED) is 0.928. The van der Waals surface area contributed by atoms with E-state index >= 15 is 0 Å². The van der Waals surface area contributed by atoms with Crippen molar-refractivity contribution in [3.63, 3.8) is 0 Å². The Balaban J connectivity index is 2.13. The molecule has 0 saturated carbocycles. The van der Waals surface area contributed by atoms with Crippen molar-refractivity contribution in [2.24, 2.45) is 0 Å². The van der Waals surface area contributed by atoms with Crippen molar-refractivity contribution in [1.82, 2.24) is 10.2 Å². The largest absolute Gasteiger partial charge is 0.335 e. The Hall–Kier alpha value is -0.870. The van der Waals surface area contributed by atoms with Crippen molar-refractivity contribution >= 4 is 21.8 Å². The van der Waals surface area contributed by atoms with Gasteiger partial charge in [0.1, 0.15) is 0 Å². The molecule has 1 aromatic rings. The molecule has 1 atom stereocenters. The minimum atomic E-state index is 0.133. The molecular weight excluding hydrogens is 280 g/mol. The van der Waals surface area contributed by atoms with Crippen LogP contribution in [-0.4, -0.2) is 36.5 Å². The summed E-state index contributed by atoms with van der Waals surface area (Å²) in [5, 5.41) is 3.30. The molecule has 1 aromatic carbocycles. The number of nitrogens with zero attached hydrogens (tertiary/aromatic N) is 1. The molecule has 1 fully saturated rings. The van der Waals surface area contributed by atoms with Crippen molar-refractivity contribution in [2.75, 3.05) is 19.6 Å². The summed E-state index contributed by atoms with van der Waals surface area (Å²) in [7, 11) is 0. The predicted octanol–water partition coefficient (Wildman–Crippen LogP) is 2.27. The highest BCUT2D eigenvalue weighted by molar-refractivity contribution is 9.10. The zero-order valence-corrected chi connectivity index (χ0v) is 11.5. The number of hydrogen-bond donors (Lipinski definition) is 1. The van der Waals surface area contributed by atoms with E-state index in [9.17, 15) is 4.79 Å². The Labute approximate surface area is 110 Å². The molecule has 1 saturated heterocycles. The van der Waals surface area contributed by atoms with E-state index in [1.807, 2.05) is 36.1 Å². The van der Waals surface area contributed by atoms with Crippen LogP contribution in [0.1, 0.15) is 23.7 Å². The molecule has 0 aromatic heterocycles. The van der Waals surface area contributed by atoms with Crippen LogP contribution in [0, 0.1) is 0 Å². The van der Waals surface area contributed by atoms with Crippen LogP contribution in [-0.2, 0) is 0 Å². The third-order valence-electron chi connectivity index (χ3n) is 3.17. The van der Waals surface area contributed by atoms with Crippen molar-refractivity contribution in [3.8, 4) is 0 Å². The molecular formula is C13H17BrN2O. The molecule has 1 heterocycles. The van der Waals surface area contributed by atoms with Gasteiger partial charge in [-0.1, -0.05) is 15.9 Å². The summed E-state index contributed by atoms with van der Waals surface area (Å²) in [6, 6.07) is 7.91. The number of halogens is 1. The monoisotopic (exact) mass is 296 g/mol. The summed E-state index contributed by atoms with van der Waals surface area (Å²) in [6.07, 6.45) is 1.05. The van der Waals surface area contributed by atoms with E-state index in [0.29, 0.717) is 6.04 Å². The second-order valence-electron chi connectivity index (χ2n) is 4.24. The lowest BCUT2D eigenvalue weighted by Gasteiger charge is -2.27. The number of amides is 1. The van der Waals surface area contributed by atoms with Crippen LogP contribution in [0.5, 0.6) is 0 Å². The molecule has 3 nitrogen and oxygen atoms in total. The summed E-state index contributed by atoms with van der Waals surface area (Å²) in [6.45, 7) is 4.72. The molecule has 1 aliphatic heterocycles. The highest BCUT2D eigenvalue weighted by Gasteiger charge is 2.25. The summed E-state index contributed by atoms with van der Waals surface area (Å²) < 4.78 is 1.000. The van der Waals surface area contributed by atoms with Gasteiger partial charge in [0, 0.05) is 29.2 Å². The number of likely N-dealkylation sites (N-methyl/N-ethyl adjacent to an activating group) is 1. The summed E-state index contributed by atoms with van der Waals surface area (Å²) >= 11 is 3.38.